The van der Waals surface area contributed by atoms with Crippen LogP contribution in [0.3, 0.4) is 0 Å². The molecule has 3 rings (SSSR count). The van der Waals surface area contributed by atoms with Gasteiger partial charge >= 0.3 is 6.18 Å². The second-order valence-corrected chi connectivity index (χ2v) is 7.06. The largest absolute Gasteiger partial charge is 0.506 e. The quantitative estimate of drug-likeness (QED) is 0.888. The minimum absolute atomic E-state index is 0.104. The van der Waals surface area contributed by atoms with Gasteiger partial charge in [-0.25, -0.2) is 12.7 Å². The van der Waals surface area contributed by atoms with E-state index in [1.807, 2.05) is 0 Å². The maximum Gasteiger partial charge on any atom is 0.407 e. The summed E-state index contributed by atoms with van der Waals surface area (Å²) in [6.45, 7) is -0.150. The second kappa shape index (κ2) is 5.30. The number of rotatable bonds is 2. The smallest absolute Gasteiger partial charge is 0.407 e. The maximum absolute atomic E-state index is 12.9. The van der Waals surface area contributed by atoms with Gasteiger partial charge < -0.3 is 9.52 Å². The highest BCUT2D eigenvalue weighted by atomic mass is 32.2. The van der Waals surface area contributed by atoms with Crippen molar-refractivity contribution in [2.45, 2.75) is 13.1 Å². The van der Waals surface area contributed by atoms with Crippen LogP contribution < -0.4 is 4.31 Å². The van der Waals surface area contributed by atoms with Gasteiger partial charge in [0.15, 0.2) is 0 Å². The fraction of sp³-hybridized carbons (Fsp3) is 0.200. The lowest BCUT2D eigenvalue weighted by Gasteiger charge is -2.29. The molecule has 0 spiro atoms. The molecule has 5 nitrogen and oxygen atoms in total. The normalized spacial score (nSPS) is 17.1. The topological polar surface area (TPSA) is 70.8 Å². The van der Waals surface area contributed by atoms with E-state index in [0.717, 1.165) is 6.26 Å². The monoisotopic (exact) mass is 359 g/mol. The zero-order valence-electron chi connectivity index (χ0n) is 12.3. The first kappa shape index (κ1) is 16.4. The molecule has 0 bridgehead atoms. The highest BCUT2D eigenvalue weighted by Crippen LogP contribution is 2.44. The number of fused-ring (bicyclic) bond motifs is 1. The SMILES string of the molecule is Cc1ccccc1C1=C(O)c2ccoc2N(CC(F)(F)F)S1(=O)=O. The third kappa shape index (κ3) is 2.54. The Morgan fingerprint density at radius 1 is 1.17 bits per heavy atom. The molecule has 128 valence electrons. The Balaban J connectivity index is 2.29. The van der Waals surface area contributed by atoms with E-state index in [9.17, 15) is 26.7 Å². The number of hydrogen-bond donors (Lipinski definition) is 1. The molecule has 0 saturated heterocycles. The van der Waals surface area contributed by atoms with Gasteiger partial charge in [-0.15, -0.1) is 0 Å². The number of anilines is 1. The number of aryl methyl sites for hydroxylation is 1. The Labute approximate surface area is 135 Å². The molecule has 1 aliphatic rings. The van der Waals surface area contributed by atoms with E-state index in [1.54, 1.807) is 19.1 Å². The van der Waals surface area contributed by atoms with E-state index in [1.165, 1.54) is 18.2 Å². The number of nitrogens with zero attached hydrogens (tertiary/aromatic N) is 1. The average molecular weight is 359 g/mol. The number of halogens is 3. The number of hydrogen-bond acceptors (Lipinski definition) is 4. The summed E-state index contributed by atoms with van der Waals surface area (Å²) in [6.07, 6.45) is -3.75. The van der Waals surface area contributed by atoms with Gasteiger partial charge in [-0.1, -0.05) is 24.3 Å². The third-order valence-corrected chi connectivity index (χ3v) is 5.41. The number of aliphatic hydroxyl groups is 1. The van der Waals surface area contributed by atoms with Crippen LogP contribution in [0.1, 0.15) is 16.7 Å². The van der Waals surface area contributed by atoms with E-state index in [-0.39, 0.29) is 15.4 Å². The molecule has 9 heteroatoms. The molecular formula is C15H12F3NO4S. The molecule has 1 aliphatic heterocycles. The van der Waals surface area contributed by atoms with Gasteiger partial charge in [0.25, 0.3) is 10.0 Å². The van der Waals surface area contributed by atoms with Crippen molar-refractivity contribution in [2.24, 2.45) is 0 Å². The van der Waals surface area contributed by atoms with Crippen LogP contribution in [0.4, 0.5) is 19.1 Å². The maximum atomic E-state index is 12.9. The number of aliphatic hydroxyl groups excluding tert-OH is 1. The lowest BCUT2D eigenvalue weighted by atomic mass is 10.1. The molecule has 0 atom stereocenters. The molecule has 0 aliphatic carbocycles. The average Bonchev–Trinajstić information content (AvgIpc) is 2.94. The minimum Gasteiger partial charge on any atom is -0.506 e. The Kier molecular flexibility index (Phi) is 3.63. The number of benzene rings is 1. The van der Waals surface area contributed by atoms with Crippen LogP contribution in [-0.2, 0) is 10.0 Å². The van der Waals surface area contributed by atoms with Crippen molar-refractivity contribution in [1.82, 2.24) is 0 Å². The van der Waals surface area contributed by atoms with E-state index in [0.29, 0.717) is 5.56 Å². The van der Waals surface area contributed by atoms with Crippen LogP contribution in [0.15, 0.2) is 41.0 Å². The second-order valence-electron chi connectivity index (χ2n) is 5.26. The van der Waals surface area contributed by atoms with Crippen LogP contribution in [0.25, 0.3) is 10.7 Å². The fourth-order valence-electron chi connectivity index (χ4n) is 2.55. The molecule has 1 aromatic heterocycles. The van der Waals surface area contributed by atoms with Gasteiger partial charge in [-0.3, -0.25) is 0 Å². The third-order valence-electron chi connectivity index (χ3n) is 3.60. The van der Waals surface area contributed by atoms with Crippen LogP contribution >= 0.6 is 0 Å². The molecule has 0 radical (unpaired) electrons. The molecule has 0 saturated carbocycles. The van der Waals surface area contributed by atoms with Gasteiger partial charge in [0.2, 0.25) is 5.88 Å². The van der Waals surface area contributed by atoms with E-state index in [2.05, 4.69) is 0 Å². The molecule has 0 amide bonds. The Hall–Kier alpha value is -2.42. The molecule has 1 N–H and O–H groups in total. The van der Waals surface area contributed by atoms with E-state index >= 15 is 0 Å². The van der Waals surface area contributed by atoms with Gasteiger partial charge in [0, 0.05) is 5.56 Å². The zero-order chi connectivity index (χ0) is 17.7. The predicted octanol–water partition coefficient (Wildman–Crippen LogP) is 3.68. The van der Waals surface area contributed by atoms with E-state index < -0.39 is 39.3 Å². The van der Waals surface area contributed by atoms with Crippen molar-refractivity contribution in [2.75, 3.05) is 10.8 Å². The fourth-order valence-corrected chi connectivity index (χ4v) is 4.31. The first-order valence-electron chi connectivity index (χ1n) is 6.79. The Bertz CT molecular complexity index is 928. The molecule has 0 unspecified atom stereocenters. The summed E-state index contributed by atoms with van der Waals surface area (Å²) < 4.78 is 69.1. The number of alkyl halides is 3. The summed E-state index contributed by atoms with van der Waals surface area (Å²) in [7, 11) is -4.66. The summed E-state index contributed by atoms with van der Waals surface area (Å²) >= 11 is 0. The van der Waals surface area contributed by atoms with Crippen molar-refractivity contribution in [3.8, 4) is 0 Å². The van der Waals surface area contributed by atoms with Crippen LogP contribution in [0.2, 0.25) is 0 Å². The van der Waals surface area contributed by atoms with Gasteiger partial charge in [-0.2, -0.15) is 13.2 Å². The number of sulfonamides is 1. The van der Waals surface area contributed by atoms with Crippen molar-refractivity contribution < 1.29 is 31.1 Å². The number of furan rings is 1. The first-order valence-corrected chi connectivity index (χ1v) is 8.23. The Morgan fingerprint density at radius 2 is 1.83 bits per heavy atom. The first-order chi connectivity index (χ1) is 11.1. The Morgan fingerprint density at radius 3 is 2.46 bits per heavy atom. The zero-order valence-corrected chi connectivity index (χ0v) is 13.1. The molecular weight excluding hydrogens is 347 g/mol. The van der Waals surface area contributed by atoms with Crippen molar-refractivity contribution in [3.05, 3.63) is 53.3 Å². The highest BCUT2D eigenvalue weighted by molar-refractivity contribution is 8.02. The van der Waals surface area contributed by atoms with Gasteiger partial charge in [0.1, 0.15) is 17.2 Å². The molecule has 1 aromatic carbocycles. The minimum atomic E-state index is -4.78. The van der Waals surface area contributed by atoms with Crippen LogP contribution in [0, 0.1) is 6.92 Å². The summed E-state index contributed by atoms with van der Waals surface area (Å²) in [5.74, 6) is -1.19. The summed E-state index contributed by atoms with van der Waals surface area (Å²) in [5, 5.41) is 10.4. The summed E-state index contributed by atoms with van der Waals surface area (Å²) in [5.41, 5.74) is 0.530. The van der Waals surface area contributed by atoms with Gasteiger partial charge in [-0.05, 0) is 18.6 Å². The van der Waals surface area contributed by atoms with Crippen molar-refractivity contribution in [3.63, 3.8) is 0 Å². The lowest BCUT2D eigenvalue weighted by molar-refractivity contribution is -0.117. The summed E-state index contributed by atoms with van der Waals surface area (Å²) in [4.78, 5) is -0.571. The summed E-state index contributed by atoms with van der Waals surface area (Å²) in [6, 6.07) is 7.44. The predicted molar refractivity (Wildman–Crippen MR) is 81.7 cm³/mol. The van der Waals surface area contributed by atoms with E-state index in [4.69, 9.17) is 4.42 Å². The molecule has 2 aromatic rings. The molecule has 2 heterocycles. The van der Waals surface area contributed by atoms with Crippen LogP contribution in [0.5, 0.6) is 0 Å². The van der Waals surface area contributed by atoms with Gasteiger partial charge in [0.05, 0.1) is 11.8 Å². The molecule has 24 heavy (non-hydrogen) atoms. The van der Waals surface area contributed by atoms with Crippen LogP contribution in [-0.4, -0.2) is 26.2 Å². The standard InChI is InChI=1S/C15H12F3NO4S/c1-9-4-2-3-5-10(9)13-12(20)11-6-7-23-14(11)19(24(13,21)22)8-15(16,17)18/h2-7,20H,8H2,1H3. The highest BCUT2D eigenvalue weighted by Gasteiger charge is 2.45. The molecule has 0 fully saturated rings. The van der Waals surface area contributed by atoms with Crippen molar-refractivity contribution >= 4 is 26.6 Å². The lowest BCUT2D eigenvalue weighted by Crippen LogP contribution is -2.41. The van der Waals surface area contributed by atoms with Crippen molar-refractivity contribution in [1.29, 1.82) is 0 Å².